The maximum Gasteiger partial charge on any atom is 0.218 e. The molecule has 0 aromatic heterocycles. The molecule has 2 fully saturated rings. The van der Waals surface area contributed by atoms with Gasteiger partial charge in [0.05, 0.1) is 6.04 Å². The molecule has 200 valence electrons. The van der Waals surface area contributed by atoms with Gasteiger partial charge < -0.3 is 21.3 Å². The Balaban J connectivity index is 1.58. The van der Waals surface area contributed by atoms with Crippen LogP contribution in [0.4, 0.5) is 5.69 Å². The Morgan fingerprint density at radius 1 is 1.05 bits per heavy atom. The van der Waals surface area contributed by atoms with Gasteiger partial charge in [-0.3, -0.25) is 4.79 Å². The summed E-state index contributed by atoms with van der Waals surface area (Å²) in [6.07, 6.45) is 7.58. The number of nitrogens with zero attached hydrogens (tertiary/aromatic N) is 2. The fraction of sp³-hybridized carbons (Fsp3) is 0.517. The number of benzene rings is 2. The third-order valence-corrected chi connectivity index (χ3v) is 7.86. The zero-order valence-electron chi connectivity index (χ0n) is 21.9. The van der Waals surface area contributed by atoms with Gasteiger partial charge in [-0.15, -0.1) is 0 Å². The Morgan fingerprint density at radius 2 is 1.70 bits per heavy atom. The second-order valence-corrected chi connectivity index (χ2v) is 11.5. The van der Waals surface area contributed by atoms with Crippen molar-refractivity contribution in [3.8, 4) is 0 Å². The van der Waals surface area contributed by atoms with Gasteiger partial charge in [-0.1, -0.05) is 67.1 Å². The normalized spacial score (nSPS) is 22.4. The zero-order valence-corrected chi connectivity index (χ0v) is 23.4. The average molecular weight is 545 g/mol. The third-order valence-electron chi connectivity index (χ3n) is 7.30. The lowest BCUT2D eigenvalue weighted by Gasteiger charge is -2.38. The quantitative estimate of drug-likeness (QED) is 0.231. The summed E-state index contributed by atoms with van der Waals surface area (Å²) in [4.78, 5) is 19.5. The van der Waals surface area contributed by atoms with Gasteiger partial charge in [0.2, 0.25) is 5.91 Å². The van der Waals surface area contributed by atoms with E-state index in [4.69, 9.17) is 33.9 Å². The second-order valence-electron chi connectivity index (χ2n) is 10.6. The lowest BCUT2D eigenvalue weighted by atomic mass is 9.88. The molecule has 3 atom stereocenters. The fourth-order valence-corrected chi connectivity index (χ4v) is 6.11. The number of hydrogen-bond donors (Lipinski definition) is 3. The summed E-state index contributed by atoms with van der Waals surface area (Å²) in [5, 5.41) is 8.34. The Bertz CT molecular complexity index is 1070. The molecule has 2 aromatic carbocycles. The van der Waals surface area contributed by atoms with Crippen LogP contribution in [0.5, 0.6) is 0 Å². The lowest BCUT2D eigenvalue weighted by Crippen LogP contribution is -2.57. The van der Waals surface area contributed by atoms with Crippen LogP contribution in [-0.2, 0) is 4.79 Å². The molecule has 1 saturated carbocycles. The number of carbonyl (C=O) groups excluding carboxylic acids is 1. The Labute approximate surface area is 231 Å². The number of aliphatic imine (C=N–C) groups is 1. The standard InChI is InChI=1S/C29H39Cl2N5O/c1-19-17-36(18-20(2)33-19)29(34-23-7-5-3-4-6-8-23)35-24-12-9-21(10-13-24)26(16-28(32)37)25-14-11-22(30)15-27(25)31/h9-15,19-20,23,26,33H,3-8,16-18H2,1-2H3,(H2,32,37)(H,34,35)/t19-,20+,26?. The van der Waals surface area contributed by atoms with Gasteiger partial charge in [0.15, 0.2) is 5.96 Å². The van der Waals surface area contributed by atoms with Crippen LogP contribution in [0.1, 0.15) is 75.8 Å². The minimum Gasteiger partial charge on any atom is -0.370 e. The van der Waals surface area contributed by atoms with Crippen molar-refractivity contribution in [3.63, 3.8) is 0 Å². The van der Waals surface area contributed by atoms with Crippen LogP contribution in [-0.4, -0.2) is 48.0 Å². The second kappa shape index (κ2) is 13.0. The smallest absolute Gasteiger partial charge is 0.218 e. The van der Waals surface area contributed by atoms with E-state index in [-0.39, 0.29) is 18.2 Å². The highest BCUT2D eigenvalue weighted by atomic mass is 35.5. The molecular formula is C29H39Cl2N5O. The number of nitrogens with two attached hydrogens (primary N) is 1. The predicted molar refractivity (Wildman–Crippen MR) is 155 cm³/mol. The van der Waals surface area contributed by atoms with E-state index in [2.05, 4.69) is 29.4 Å². The highest BCUT2D eigenvalue weighted by Gasteiger charge is 2.25. The molecule has 4 N–H and O–H groups in total. The molecule has 1 unspecified atom stereocenters. The van der Waals surface area contributed by atoms with Gasteiger partial charge in [0.1, 0.15) is 0 Å². The minimum absolute atomic E-state index is 0.166. The van der Waals surface area contributed by atoms with E-state index in [9.17, 15) is 4.79 Å². The van der Waals surface area contributed by atoms with Gasteiger partial charge in [-0.25, -0.2) is 4.99 Å². The molecule has 1 heterocycles. The van der Waals surface area contributed by atoms with E-state index in [1.807, 2.05) is 30.3 Å². The van der Waals surface area contributed by atoms with Crippen molar-refractivity contribution in [2.45, 2.75) is 82.8 Å². The number of halogens is 2. The van der Waals surface area contributed by atoms with Gasteiger partial charge in [0.25, 0.3) is 0 Å². The zero-order chi connectivity index (χ0) is 26.4. The van der Waals surface area contributed by atoms with E-state index in [0.29, 0.717) is 28.2 Å². The minimum atomic E-state index is -0.377. The number of piperazine rings is 1. The summed E-state index contributed by atoms with van der Waals surface area (Å²) in [7, 11) is 0. The molecule has 2 aliphatic rings. The first-order valence-corrected chi connectivity index (χ1v) is 14.2. The van der Waals surface area contributed by atoms with Crippen LogP contribution < -0.4 is 16.4 Å². The molecule has 8 heteroatoms. The molecular weight excluding hydrogens is 505 g/mol. The largest absolute Gasteiger partial charge is 0.370 e. The van der Waals surface area contributed by atoms with Gasteiger partial charge in [-0.2, -0.15) is 0 Å². The number of rotatable bonds is 6. The lowest BCUT2D eigenvalue weighted by molar-refractivity contribution is -0.118. The van der Waals surface area contributed by atoms with Gasteiger partial charge >= 0.3 is 0 Å². The first kappa shape index (κ1) is 27.7. The van der Waals surface area contributed by atoms with Crippen molar-refractivity contribution in [2.24, 2.45) is 10.7 Å². The molecule has 37 heavy (non-hydrogen) atoms. The van der Waals surface area contributed by atoms with Crippen molar-refractivity contribution in [1.29, 1.82) is 0 Å². The number of amides is 1. The van der Waals surface area contributed by atoms with Crippen molar-refractivity contribution >= 4 is 40.8 Å². The summed E-state index contributed by atoms with van der Waals surface area (Å²) in [6.45, 7) is 6.27. The Hall–Kier alpha value is -2.28. The Morgan fingerprint density at radius 3 is 2.30 bits per heavy atom. The molecule has 1 aliphatic carbocycles. The van der Waals surface area contributed by atoms with Crippen molar-refractivity contribution in [1.82, 2.24) is 10.2 Å². The molecule has 6 nitrogen and oxygen atoms in total. The predicted octanol–water partition coefficient (Wildman–Crippen LogP) is 6.17. The SMILES string of the molecule is C[C@@H]1CN(/C(=N\C2CCCCCC2)Nc2ccc(C(CC(N)=O)c3ccc(Cl)cc3Cl)cc2)C[C@H](C)N1. The van der Waals surface area contributed by atoms with Crippen LogP contribution >= 0.6 is 23.2 Å². The average Bonchev–Trinajstić information content (AvgIpc) is 3.11. The van der Waals surface area contributed by atoms with E-state index in [1.165, 1.54) is 25.7 Å². The van der Waals surface area contributed by atoms with Crippen LogP contribution in [0, 0.1) is 0 Å². The molecule has 1 aliphatic heterocycles. The topological polar surface area (TPSA) is 82.8 Å². The maximum atomic E-state index is 11.9. The highest BCUT2D eigenvalue weighted by Crippen LogP contribution is 2.35. The number of carbonyl (C=O) groups is 1. The highest BCUT2D eigenvalue weighted by molar-refractivity contribution is 6.35. The van der Waals surface area contributed by atoms with Gasteiger partial charge in [0, 0.05) is 53.2 Å². The molecule has 1 amide bonds. The molecule has 2 aromatic rings. The maximum absolute atomic E-state index is 11.9. The van der Waals surface area contributed by atoms with Crippen LogP contribution in [0.2, 0.25) is 10.0 Å². The Kier molecular flexibility index (Phi) is 9.74. The first-order valence-electron chi connectivity index (χ1n) is 13.5. The molecule has 0 bridgehead atoms. The van der Waals surface area contributed by atoms with Gasteiger partial charge in [-0.05, 0) is 62.1 Å². The van der Waals surface area contributed by atoms with Crippen LogP contribution in [0.3, 0.4) is 0 Å². The van der Waals surface area contributed by atoms with Crippen molar-refractivity contribution in [2.75, 3.05) is 18.4 Å². The summed E-state index contributed by atoms with van der Waals surface area (Å²) >= 11 is 12.6. The van der Waals surface area contributed by atoms with E-state index in [0.717, 1.165) is 48.7 Å². The monoisotopic (exact) mass is 543 g/mol. The number of anilines is 1. The van der Waals surface area contributed by atoms with E-state index < -0.39 is 0 Å². The number of primary amides is 1. The summed E-state index contributed by atoms with van der Waals surface area (Å²) < 4.78 is 0. The summed E-state index contributed by atoms with van der Waals surface area (Å²) in [5.74, 6) is 0.331. The van der Waals surface area contributed by atoms with E-state index in [1.54, 1.807) is 12.1 Å². The van der Waals surface area contributed by atoms with Crippen molar-refractivity contribution < 1.29 is 4.79 Å². The van der Waals surface area contributed by atoms with E-state index >= 15 is 0 Å². The fourth-order valence-electron chi connectivity index (χ4n) is 5.57. The molecule has 0 spiro atoms. The third kappa shape index (κ3) is 7.86. The van der Waals surface area contributed by atoms with Crippen LogP contribution in [0.15, 0.2) is 47.5 Å². The molecule has 4 rings (SSSR count). The number of nitrogens with one attached hydrogen (secondary N) is 2. The number of hydrogen-bond acceptors (Lipinski definition) is 3. The summed E-state index contributed by atoms with van der Waals surface area (Å²) in [6, 6.07) is 14.7. The summed E-state index contributed by atoms with van der Waals surface area (Å²) in [5.41, 5.74) is 8.38. The molecule has 0 radical (unpaired) electrons. The first-order chi connectivity index (χ1) is 17.8. The van der Waals surface area contributed by atoms with Crippen molar-refractivity contribution in [3.05, 3.63) is 63.6 Å². The number of guanidine groups is 1. The van der Waals surface area contributed by atoms with Crippen LogP contribution in [0.25, 0.3) is 0 Å². The molecule has 1 saturated heterocycles.